The highest BCUT2D eigenvalue weighted by Crippen LogP contribution is 2.17. The lowest BCUT2D eigenvalue weighted by Crippen LogP contribution is -2.48. The first-order valence-corrected chi connectivity index (χ1v) is 15.3. The molecule has 3 aromatic rings. The molecule has 44 heavy (non-hydrogen) atoms. The van der Waals surface area contributed by atoms with Crippen LogP contribution in [-0.2, 0) is 13.0 Å². The van der Waals surface area contributed by atoms with E-state index in [1.807, 2.05) is 58.9 Å². The third-order valence-electron chi connectivity index (χ3n) is 6.97. The van der Waals surface area contributed by atoms with Crippen molar-refractivity contribution in [3.8, 4) is 5.75 Å². The van der Waals surface area contributed by atoms with Crippen LogP contribution in [0, 0.1) is 18.6 Å². The van der Waals surface area contributed by atoms with E-state index in [4.69, 9.17) is 4.74 Å². The zero-order valence-electron chi connectivity index (χ0n) is 26.3. The van der Waals surface area contributed by atoms with Crippen molar-refractivity contribution >= 4 is 11.8 Å². The van der Waals surface area contributed by atoms with Gasteiger partial charge in [0, 0.05) is 43.4 Å². The number of aliphatic hydroxyl groups is 1. The summed E-state index contributed by atoms with van der Waals surface area (Å²) in [5.74, 6) is -1.40. The van der Waals surface area contributed by atoms with Gasteiger partial charge in [0.05, 0.1) is 18.2 Å². The van der Waals surface area contributed by atoms with Crippen LogP contribution in [0.2, 0.25) is 0 Å². The molecule has 2 atom stereocenters. The van der Waals surface area contributed by atoms with Crippen LogP contribution in [0.4, 0.5) is 8.78 Å². The summed E-state index contributed by atoms with van der Waals surface area (Å²) in [4.78, 5) is 28.6. The Bertz CT molecular complexity index is 1370. The SMILES string of the molecule is CCCN(CCC)C(=O)c1cc(C)cc(C(=O)N[C@@H](Cc2cc(F)cc(F)c2)[C@H](O)CNCc2cccc(OC(C)C)c2)c1. The van der Waals surface area contributed by atoms with Crippen molar-refractivity contribution in [1.29, 1.82) is 0 Å². The maximum Gasteiger partial charge on any atom is 0.253 e. The summed E-state index contributed by atoms with van der Waals surface area (Å²) in [5, 5.41) is 17.2. The fourth-order valence-corrected chi connectivity index (χ4v) is 5.10. The molecule has 238 valence electrons. The number of hydrogen-bond acceptors (Lipinski definition) is 5. The molecule has 3 N–H and O–H groups in total. The largest absolute Gasteiger partial charge is 0.491 e. The number of nitrogens with one attached hydrogen (secondary N) is 2. The molecule has 0 fully saturated rings. The van der Waals surface area contributed by atoms with Crippen LogP contribution in [-0.4, -0.2) is 59.7 Å². The standard InChI is InChI=1S/C35H45F2N3O4/c1-6-11-40(12-7-2)35(43)28-14-24(5)13-27(19-28)34(42)39-32(18-26-15-29(36)20-30(37)16-26)33(41)22-38-21-25-9-8-10-31(17-25)44-23(3)4/h8-10,13-17,19-20,23,32-33,38,41H,6-7,11-12,18,21-22H2,1-5H3,(H,39,42)/t32-,33+/m0/s1. The first-order chi connectivity index (χ1) is 21.0. The second-order valence-corrected chi connectivity index (χ2v) is 11.5. The van der Waals surface area contributed by atoms with Crippen LogP contribution in [0.3, 0.4) is 0 Å². The Balaban J connectivity index is 1.79. The predicted molar refractivity (Wildman–Crippen MR) is 169 cm³/mol. The van der Waals surface area contributed by atoms with Gasteiger partial charge in [-0.1, -0.05) is 26.0 Å². The minimum atomic E-state index is -1.10. The van der Waals surface area contributed by atoms with Crippen molar-refractivity contribution in [3.63, 3.8) is 0 Å². The minimum Gasteiger partial charge on any atom is -0.491 e. The first-order valence-electron chi connectivity index (χ1n) is 15.3. The molecule has 2 amide bonds. The van der Waals surface area contributed by atoms with E-state index < -0.39 is 29.7 Å². The van der Waals surface area contributed by atoms with Crippen molar-refractivity contribution in [2.45, 2.75) is 78.7 Å². The van der Waals surface area contributed by atoms with Crippen molar-refractivity contribution in [3.05, 3.63) is 100 Å². The monoisotopic (exact) mass is 609 g/mol. The molecule has 0 saturated heterocycles. The Hall–Kier alpha value is -3.82. The van der Waals surface area contributed by atoms with E-state index in [-0.39, 0.29) is 30.5 Å². The van der Waals surface area contributed by atoms with Crippen molar-refractivity contribution in [2.75, 3.05) is 19.6 Å². The number of aryl methyl sites for hydroxylation is 1. The van der Waals surface area contributed by atoms with Gasteiger partial charge in [0.15, 0.2) is 0 Å². The molecule has 7 nitrogen and oxygen atoms in total. The van der Waals surface area contributed by atoms with Gasteiger partial charge in [0.25, 0.3) is 11.8 Å². The molecule has 3 rings (SSSR count). The molecule has 0 aromatic heterocycles. The third-order valence-corrected chi connectivity index (χ3v) is 6.97. The molecular weight excluding hydrogens is 564 g/mol. The van der Waals surface area contributed by atoms with Crippen LogP contribution < -0.4 is 15.4 Å². The molecule has 3 aromatic carbocycles. The second kappa shape index (κ2) is 16.9. The number of carbonyl (C=O) groups is 2. The van der Waals surface area contributed by atoms with Crippen molar-refractivity contribution in [2.24, 2.45) is 0 Å². The zero-order valence-corrected chi connectivity index (χ0v) is 26.3. The lowest BCUT2D eigenvalue weighted by molar-refractivity contribution is 0.0755. The lowest BCUT2D eigenvalue weighted by Gasteiger charge is -2.25. The topological polar surface area (TPSA) is 90.9 Å². The van der Waals surface area contributed by atoms with Gasteiger partial charge in [-0.3, -0.25) is 9.59 Å². The summed E-state index contributed by atoms with van der Waals surface area (Å²) in [6.45, 7) is 11.5. The van der Waals surface area contributed by atoms with Crippen molar-refractivity contribution < 1.29 is 28.2 Å². The van der Waals surface area contributed by atoms with Crippen LogP contribution in [0.15, 0.2) is 60.7 Å². The van der Waals surface area contributed by atoms with E-state index >= 15 is 0 Å². The van der Waals surface area contributed by atoms with Gasteiger partial charge >= 0.3 is 0 Å². The van der Waals surface area contributed by atoms with Crippen LogP contribution in [0.1, 0.15) is 77.9 Å². The quantitative estimate of drug-likeness (QED) is 0.191. The molecule has 0 aliphatic carbocycles. The van der Waals surface area contributed by atoms with E-state index in [0.717, 1.165) is 35.8 Å². The summed E-state index contributed by atoms with van der Waals surface area (Å²) in [6, 6.07) is 14.8. The maximum absolute atomic E-state index is 14.0. The van der Waals surface area contributed by atoms with Gasteiger partial charge in [0.2, 0.25) is 0 Å². The number of rotatable bonds is 16. The normalized spacial score (nSPS) is 12.6. The Kier molecular flexibility index (Phi) is 13.3. The van der Waals surface area contributed by atoms with Crippen molar-refractivity contribution in [1.82, 2.24) is 15.5 Å². The molecule has 9 heteroatoms. The van der Waals surface area contributed by atoms with E-state index in [1.54, 1.807) is 23.1 Å². The Morgan fingerprint density at radius 3 is 2.20 bits per heavy atom. The number of halogens is 2. The molecule has 0 aliphatic heterocycles. The van der Waals surface area contributed by atoms with Crippen LogP contribution >= 0.6 is 0 Å². The average Bonchev–Trinajstić information content (AvgIpc) is 2.95. The first kappa shape index (κ1) is 34.7. The number of carbonyl (C=O) groups excluding carboxylic acids is 2. The summed E-state index contributed by atoms with van der Waals surface area (Å²) in [5.41, 5.74) is 2.65. The van der Waals surface area contributed by atoms with Gasteiger partial charge in [-0.05, 0) is 99.2 Å². The van der Waals surface area contributed by atoms with E-state index in [1.165, 1.54) is 12.1 Å². The number of ether oxygens (including phenoxy) is 1. The predicted octanol–water partition coefficient (Wildman–Crippen LogP) is 5.81. The van der Waals surface area contributed by atoms with E-state index in [0.29, 0.717) is 30.8 Å². The molecule has 0 spiro atoms. The maximum atomic E-state index is 14.0. The summed E-state index contributed by atoms with van der Waals surface area (Å²) < 4.78 is 33.8. The molecule has 0 saturated carbocycles. The van der Waals surface area contributed by atoms with Crippen LogP contribution in [0.5, 0.6) is 5.75 Å². The highest BCUT2D eigenvalue weighted by atomic mass is 19.1. The minimum absolute atomic E-state index is 0.0145. The smallest absolute Gasteiger partial charge is 0.253 e. The van der Waals surface area contributed by atoms with Gasteiger partial charge < -0.3 is 25.4 Å². The molecule has 0 aliphatic rings. The number of nitrogens with zero attached hydrogens (tertiary/aromatic N) is 1. The molecular formula is C35H45F2N3O4. The Labute approximate surface area is 259 Å². The van der Waals surface area contributed by atoms with Gasteiger partial charge in [0.1, 0.15) is 17.4 Å². The highest BCUT2D eigenvalue weighted by Gasteiger charge is 2.24. The average molecular weight is 610 g/mol. The fourth-order valence-electron chi connectivity index (χ4n) is 5.10. The van der Waals surface area contributed by atoms with E-state index in [2.05, 4.69) is 10.6 Å². The van der Waals surface area contributed by atoms with E-state index in [9.17, 15) is 23.5 Å². The van der Waals surface area contributed by atoms with Crippen LogP contribution in [0.25, 0.3) is 0 Å². The fraction of sp³-hybridized carbons (Fsp3) is 0.429. The van der Waals surface area contributed by atoms with Gasteiger partial charge in [-0.15, -0.1) is 0 Å². The Morgan fingerprint density at radius 1 is 0.909 bits per heavy atom. The second-order valence-electron chi connectivity index (χ2n) is 11.5. The van der Waals surface area contributed by atoms with Gasteiger partial charge in [-0.2, -0.15) is 0 Å². The molecule has 0 heterocycles. The number of hydrogen-bond donors (Lipinski definition) is 3. The Morgan fingerprint density at radius 2 is 1.57 bits per heavy atom. The molecule has 0 bridgehead atoms. The third kappa shape index (κ3) is 10.7. The zero-order chi connectivity index (χ0) is 32.2. The summed E-state index contributed by atoms with van der Waals surface area (Å²) in [7, 11) is 0. The summed E-state index contributed by atoms with van der Waals surface area (Å²) >= 11 is 0. The number of amides is 2. The lowest BCUT2D eigenvalue weighted by atomic mass is 9.99. The molecule has 0 radical (unpaired) electrons. The summed E-state index contributed by atoms with van der Waals surface area (Å²) in [6.07, 6.45) is 0.550. The number of aliphatic hydroxyl groups excluding tert-OH is 1. The highest BCUT2D eigenvalue weighted by molar-refractivity contribution is 6.00. The van der Waals surface area contributed by atoms with Gasteiger partial charge in [-0.25, -0.2) is 8.78 Å². The number of benzene rings is 3. The molecule has 0 unspecified atom stereocenters.